The molecule has 0 aliphatic rings. The average Bonchev–Trinajstić information content (AvgIpc) is 2.68. The van der Waals surface area contributed by atoms with Gasteiger partial charge in [0.25, 0.3) is 0 Å². The fourth-order valence-corrected chi connectivity index (χ4v) is 2.82. The predicted octanol–water partition coefficient (Wildman–Crippen LogP) is 4.69. The lowest BCUT2D eigenvalue weighted by molar-refractivity contribution is -0.149. The highest BCUT2D eigenvalue weighted by molar-refractivity contribution is 5.84. The van der Waals surface area contributed by atoms with Gasteiger partial charge in [-0.1, -0.05) is 24.3 Å². The third-order valence-corrected chi connectivity index (χ3v) is 4.25. The molecule has 168 valence electrons. The molecular formula is C24H31NO6. The van der Waals surface area contributed by atoms with Gasteiger partial charge in [0.05, 0.1) is 6.61 Å². The van der Waals surface area contributed by atoms with Crippen LogP contribution in [-0.2, 0) is 27.1 Å². The Kier molecular flexibility index (Phi) is 8.88. The summed E-state index contributed by atoms with van der Waals surface area (Å²) in [4.78, 5) is 23.0. The summed E-state index contributed by atoms with van der Waals surface area (Å²) in [6.07, 6.45) is -0.306. The molecule has 1 atom stereocenters. The van der Waals surface area contributed by atoms with Crippen LogP contribution in [0, 0.1) is 0 Å². The van der Waals surface area contributed by atoms with Crippen molar-refractivity contribution >= 4 is 17.7 Å². The van der Waals surface area contributed by atoms with Gasteiger partial charge < -0.3 is 19.3 Å². The average molecular weight is 430 g/mol. The Morgan fingerprint density at radius 3 is 2.16 bits per heavy atom. The van der Waals surface area contributed by atoms with Gasteiger partial charge in [-0.05, 0) is 63.1 Å². The first-order valence-corrected chi connectivity index (χ1v) is 10.3. The quantitative estimate of drug-likeness (QED) is 0.569. The van der Waals surface area contributed by atoms with Gasteiger partial charge in [-0.3, -0.25) is 5.32 Å². The molecule has 7 heteroatoms. The summed E-state index contributed by atoms with van der Waals surface area (Å²) in [6, 6.07) is 14.9. The molecule has 0 saturated heterocycles. The Balaban J connectivity index is 1.79. The van der Waals surface area contributed by atoms with Crippen LogP contribution in [0.2, 0.25) is 0 Å². The topological polar surface area (TPSA) is 94.1 Å². The van der Waals surface area contributed by atoms with Gasteiger partial charge in [-0.25, -0.2) is 9.59 Å². The van der Waals surface area contributed by atoms with E-state index in [1.54, 1.807) is 6.92 Å². The van der Waals surface area contributed by atoms with E-state index in [0.717, 1.165) is 16.9 Å². The molecule has 2 aromatic carbocycles. The molecule has 31 heavy (non-hydrogen) atoms. The van der Waals surface area contributed by atoms with Crippen molar-refractivity contribution in [2.75, 3.05) is 18.5 Å². The van der Waals surface area contributed by atoms with Crippen LogP contribution >= 0.6 is 0 Å². The minimum atomic E-state index is -0.963. The largest absolute Gasteiger partial charge is 0.493 e. The number of carboxylic acids is 1. The molecule has 0 aromatic heterocycles. The van der Waals surface area contributed by atoms with Crippen LogP contribution in [0.3, 0.4) is 0 Å². The molecule has 0 radical (unpaired) electrons. The van der Waals surface area contributed by atoms with Crippen LogP contribution in [0.4, 0.5) is 10.5 Å². The minimum absolute atomic E-state index is 0.313. The van der Waals surface area contributed by atoms with Crippen LogP contribution < -0.4 is 10.1 Å². The van der Waals surface area contributed by atoms with E-state index < -0.39 is 23.8 Å². The number of hydrogen-bond donors (Lipinski definition) is 2. The summed E-state index contributed by atoms with van der Waals surface area (Å²) in [6.45, 7) is 8.08. The summed E-state index contributed by atoms with van der Waals surface area (Å²) >= 11 is 0. The van der Waals surface area contributed by atoms with Gasteiger partial charge in [-0.2, -0.15) is 0 Å². The molecule has 0 bridgehead atoms. The maximum atomic E-state index is 11.8. The normalized spacial score (nSPS) is 12.1. The first kappa shape index (κ1) is 24.2. The number of benzene rings is 2. The fraction of sp³-hybridized carbons (Fsp3) is 0.417. The van der Waals surface area contributed by atoms with Gasteiger partial charge in [-0.15, -0.1) is 0 Å². The van der Waals surface area contributed by atoms with Gasteiger partial charge >= 0.3 is 12.1 Å². The molecule has 2 aromatic rings. The molecule has 0 spiro atoms. The summed E-state index contributed by atoms with van der Waals surface area (Å²) in [7, 11) is 0. The highest BCUT2D eigenvalue weighted by Gasteiger charge is 2.18. The zero-order valence-electron chi connectivity index (χ0n) is 18.5. The van der Waals surface area contributed by atoms with E-state index in [-0.39, 0.29) is 0 Å². The van der Waals surface area contributed by atoms with E-state index in [1.807, 2.05) is 69.3 Å². The Bertz CT molecular complexity index is 840. The number of carbonyl (C=O) groups excluding carboxylic acids is 1. The first-order valence-electron chi connectivity index (χ1n) is 10.3. The summed E-state index contributed by atoms with van der Waals surface area (Å²) in [5.41, 5.74) is 2.08. The Morgan fingerprint density at radius 2 is 1.61 bits per heavy atom. The van der Waals surface area contributed by atoms with E-state index in [4.69, 9.17) is 14.2 Å². The van der Waals surface area contributed by atoms with E-state index in [9.17, 15) is 14.7 Å². The molecule has 7 nitrogen and oxygen atoms in total. The molecule has 0 saturated carbocycles. The molecule has 1 amide bonds. The first-order chi connectivity index (χ1) is 14.7. The van der Waals surface area contributed by atoms with Crippen molar-refractivity contribution in [3.63, 3.8) is 0 Å². The Morgan fingerprint density at radius 1 is 1.00 bits per heavy atom. The molecule has 0 unspecified atom stereocenters. The number of aliphatic carboxylic acids is 1. The number of carboxylic acid groups (broad SMARTS) is 1. The second-order valence-corrected chi connectivity index (χ2v) is 8.05. The maximum absolute atomic E-state index is 11.8. The molecular weight excluding hydrogens is 398 g/mol. The monoisotopic (exact) mass is 429 g/mol. The van der Waals surface area contributed by atoms with E-state index in [2.05, 4.69) is 5.32 Å². The number of carbonyl (C=O) groups is 2. The smallest absolute Gasteiger partial charge is 0.412 e. The van der Waals surface area contributed by atoms with E-state index in [0.29, 0.717) is 31.7 Å². The van der Waals surface area contributed by atoms with Crippen molar-refractivity contribution in [2.24, 2.45) is 0 Å². The SMILES string of the molecule is CCO[C@@H](Cc1ccc(OCCc2ccc(NC(=O)OC(C)(C)C)cc2)cc1)C(=O)O. The van der Waals surface area contributed by atoms with Crippen molar-refractivity contribution in [3.05, 3.63) is 59.7 Å². The third kappa shape index (κ3) is 9.09. The lowest BCUT2D eigenvalue weighted by atomic mass is 10.1. The van der Waals surface area contributed by atoms with Crippen LogP contribution in [0.25, 0.3) is 0 Å². The molecule has 2 N–H and O–H groups in total. The zero-order chi connectivity index (χ0) is 22.9. The summed E-state index contributed by atoms with van der Waals surface area (Å²) in [5.74, 6) is -0.246. The summed E-state index contributed by atoms with van der Waals surface area (Å²) < 4.78 is 16.3. The van der Waals surface area contributed by atoms with Crippen LogP contribution in [0.15, 0.2) is 48.5 Å². The Hall–Kier alpha value is -3.06. The number of amides is 1. The molecule has 0 heterocycles. The minimum Gasteiger partial charge on any atom is -0.493 e. The van der Waals surface area contributed by atoms with Crippen molar-refractivity contribution in [2.45, 2.75) is 52.2 Å². The Labute approximate surface area is 183 Å². The summed E-state index contributed by atoms with van der Waals surface area (Å²) in [5, 5.41) is 11.9. The molecule has 2 rings (SSSR count). The highest BCUT2D eigenvalue weighted by Crippen LogP contribution is 2.16. The predicted molar refractivity (Wildman–Crippen MR) is 119 cm³/mol. The number of anilines is 1. The van der Waals surface area contributed by atoms with Gasteiger partial charge in [0.15, 0.2) is 6.10 Å². The van der Waals surface area contributed by atoms with Crippen LogP contribution in [0.5, 0.6) is 5.75 Å². The fourth-order valence-electron chi connectivity index (χ4n) is 2.82. The molecule has 0 aliphatic heterocycles. The second kappa shape index (κ2) is 11.4. The second-order valence-electron chi connectivity index (χ2n) is 8.05. The highest BCUT2D eigenvalue weighted by atomic mass is 16.6. The van der Waals surface area contributed by atoms with Crippen molar-refractivity contribution in [3.8, 4) is 5.75 Å². The van der Waals surface area contributed by atoms with Gasteiger partial charge in [0, 0.05) is 25.1 Å². The maximum Gasteiger partial charge on any atom is 0.412 e. The van der Waals surface area contributed by atoms with Crippen LogP contribution in [0.1, 0.15) is 38.8 Å². The molecule has 0 fully saturated rings. The van der Waals surface area contributed by atoms with Crippen LogP contribution in [-0.4, -0.2) is 42.1 Å². The number of ether oxygens (including phenoxy) is 3. The van der Waals surface area contributed by atoms with Gasteiger partial charge in [0.2, 0.25) is 0 Å². The van der Waals surface area contributed by atoms with E-state index in [1.165, 1.54) is 0 Å². The van der Waals surface area contributed by atoms with Gasteiger partial charge in [0.1, 0.15) is 11.4 Å². The third-order valence-electron chi connectivity index (χ3n) is 4.25. The number of rotatable bonds is 10. The number of hydrogen-bond acceptors (Lipinski definition) is 5. The van der Waals surface area contributed by atoms with Crippen molar-refractivity contribution in [1.29, 1.82) is 0 Å². The zero-order valence-corrected chi connectivity index (χ0v) is 18.5. The lowest BCUT2D eigenvalue weighted by Crippen LogP contribution is -2.27. The standard InChI is InChI=1S/C24H31NO6/c1-5-29-21(22(26)27)16-18-8-12-20(13-9-18)30-15-14-17-6-10-19(11-7-17)25-23(28)31-24(2,3)4/h6-13,21H,5,14-16H2,1-4H3,(H,25,28)(H,26,27)/t21-/m0/s1. The van der Waals surface area contributed by atoms with E-state index >= 15 is 0 Å². The lowest BCUT2D eigenvalue weighted by Gasteiger charge is -2.19. The van der Waals surface area contributed by atoms with Crippen molar-refractivity contribution in [1.82, 2.24) is 0 Å². The number of nitrogens with one attached hydrogen (secondary N) is 1. The molecule has 0 aliphatic carbocycles. The van der Waals surface area contributed by atoms with Crippen molar-refractivity contribution < 1.29 is 28.9 Å².